The summed E-state index contributed by atoms with van der Waals surface area (Å²) in [5.74, 6) is 3.03. The number of nitrogens with zero attached hydrogens (tertiary/aromatic N) is 1. The molecule has 0 bridgehead atoms. The molecule has 1 fully saturated rings. The number of guanidine groups is 1. The Kier molecular flexibility index (Phi) is 5.19. The van der Waals surface area contributed by atoms with Crippen LogP contribution >= 0.6 is 11.8 Å². The van der Waals surface area contributed by atoms with Gasteiger partial charge in [-0.3, -0.25) is 0 Å². The predicted molar refractivity (Wildman–Crippen MR) is 81.6 cm³/mol. The number of thioether (sulfide) groups is 1. The third-order valence-corrected chi connectivity index (χ3v) is 4.79. The van der Waals surface area contributed by atoms with Gasteiger partial charge in [0.2, 0.25) is 0 Å². The minimum atomic E-state index is 0.348. The van der Waals surface area contributed by atoms with Gasteiger partial charge in [-0.05, 0) is 44.6 Å². The summed E-state index contributed by atoms with van der Waals surface area (Å²) in [5, 5.41) is 6.72. The highest BCUT2D eigenvalue weighted by Gasteiger charge is 2.29. The Labute approximate surface area is 119 Å². The molecule has 2 heterocycles. The molecule has 1 aliphatic heterocycles. The number of hydrogen-bond acceptors (Lipinski definition) is 3. The zero-order chi connectivity index (χ0) is 13.6. The van der Waals surface area contributed by atoms with E-state index >= 15 is 0 Å². The Morgan fingerprint density at radius 3 is 3.05 bits per heavy atom. The average Bonchev–Trinajstić information content (AvgIpc) is 3.05. The van der Waals surface area contributed by atoms with Gasteiger partial charge in [-0.15, -0.1) is 0 Å². The molecule has 1 atom stereocenters. The molecule has 4 nitrogen and oxygen atoms in total. The fourth-order valence-corrected chi connectivity index (χ4v) is 3.39. The van der Waals surface area contributed by atoms with Gasteiger partial charge in [0.05, 0.1) is 6.26 Å². The van der Waals surface area contributed by atoms with Crippen molar-refractivity contribution in [3.05, 3.63) is 24.2 Å². The van der Waals surface area contributed by atoms with Crippen LogP contribution in [0.4, 0.5) is 0 Å². The summed E-state index contributed by atoms with van der Waals surface area (Å²) in [7, 11) is 0. The van der Waals surface area contributed by atoms with Gasteiger partial charge in [0.1, 0.15) is 12.3 Å². The molecule has 5 heteroatoms. The first kappa shape index (κ1) is 14.3. The molecule has 1 aromatic rings. The van der Waals surface area contributed by atoms with Gasteiger partial charge >= 0.3 is 0 Å². The Balaban J connectivity index is 1.86. The van der Waals surface area contributed by atoms with Crippen LogP contribution in [-0.4, -0.2) is 29.5 Å². The summed E-state index contributed by atoms with van der Waals surface area (Å²) in [6, 6.07) is 3.84. The standard InChI is InChI=1S/C14H23N3OS/c1-3-15-13(16-10-12-6-4-8-18-12)17-11-14(2)7-5-9-19-14/h4,6,8H,3,5,7,9-11H2,1-2H3,(H2,15,16,17). The number of nitrogens with one attached hydrogen (secondary N) is 2. The summed E-state index contributed by atoms with van der Waals surface area (Å²) in [5.41, 5.74) is 0. The van der Waals surface area contributed by atoms with Gasteiger partial charge in [0, 0.05) is 17.8 Å². The van der Waals surface area contributed by atoms with E-state index in [-0.39, 0.29) is 0 Å². The fraction of sp³-hybridized carbons (Fsp3) is 0.643. The van der Waals surface area contributed by atoms with Crippen LogP contribution in [0.25, 0.3) is 0 Å². The van der Waals surface area contributed by atoms with E-state index in [4.69, 9.17) is 4.42 Å². The summed E-state index contributed by atoms with van der Waals surface area (Å²) in [6.07, 6.45) is 4.28. The number of hydrogen-bond donors (Lipinski definition) is 2. The van der Waals surface area contributed by atoms with Gasteiger partial charge in [0.15, 0.2) is 5.96 Å². The van der Waals surface area contributed by atoms with E-state index < -0.39 is 0 Å². The van der Waals surface area contributed by atoms with Gasteiger partial charge in [-0.1, -0.05) is 0 Å². The lowest BCUT2D eigenvalue weighted by Gasteiger charge is -2.24. The van der Waals surface area contributed by atoms with E-state index in [1.54, 1.807) is 6.26 Å². The molecule has 0 aliphatic carbocycles. The van der Waals surface area contributed by atoms with E-state index in [2.05, 4.69) is 41.2 Å². The Morgan fingerprint density at radius 1 is 1.53 bits per heavy atom. The van der Waals surface area contributed by atoms with Crippen molar-refractivity contribution in [2.24, 2.45) is 4.99 Å². The largest absolute Gasteiger partial charge is 0.467 e. The van der Waals surface area contributed by atoms with Crippen molar-refractivity contribution in [2.75, 3.05) is 18.8 Å². The van der Waals surface area contributed by atoms with Crippen molar-refractivity contribution < 1.29 is 4.42 Å². The molecule has 0 aromatic carbocycles. The maximum Gasteiger partial charge on any atom is 0.191 e. The summed E-state index contributed by atoms with van der Waals surface area (Å²) in [4.78, 5) is 4.54. The second kappa shape index (κ2) is 6.89. The van der Waals surface area contributed by atoms with Crippen molar-refractivity contribution in [3.8, 4) is 0 Å². The van der Waals surface area contributed by atoms with Crippen molar-refractivity contribution in [1.29, 1.82) is 0 Å². The third kappa shape index (κ3) is 4.49. The topological polar surface area (TPSA) is 49.6 Å². The quantitative estimate of drug-likeness (QED) is 0.643. The van der Waals surface area contributed by atoms with Crippen LogP contribution in [0.1, 0.15) is 32.4 Å². The van der Waals surface area contributed by atoms with Crippen LogP contribution in [-0.2, 0) is 6.54 Å². The van der Waals surface area contributed by atoms with E-state index in [1.807, 2.05) is 12.1 Å². The van der Waals surface area contributed by atoms with Gasteiger partial charge < -0.3 is 15.1 Å². The van der Waals surface area contributed by atoms with Gasteiger partial charge in [-0.2, -0.15) is 11.8 Å². The second-order valence-corrected chi connectivity index (χ2v) is 6.71. The smallest absolute Gasteiger partial charge is 0.191 e. The Morgan fingerprint density at radius 2 is 2.42 bits per heavy atom. The Hall–Kier alpha value is -1.10. The van der Waals surface area contributed by atoms with Gasteiger partial charge in [0.25, 0.3) is 0 Å². The highest BCUT2D eigenvalue weighted by atomic mass is 32.2. The minimum Gasteiger partial charge on any atom is -0.467 e. The maximum absolute atomic E-state index is 5.29. The molecular formula is C14H23N3OS. The maximum atomic E-state index is 5.29. The number of furan rings is 1. The molecule has 2 N–H and O–H groups in total. The SMILES string of the molecule is CCNC(=NCc1ccco1)NCC1(C)CCCS1. The third-order valence-electron chi connectivity index (χ3n) is 3.25. The van der Waals surface area contributed by atoms with Crippen LogP contribution in [0.3, 0.4) is 0 Å². The van der Waals surface area contributed by atoms with E-state index in [0.717, 1.165) is 24.8 Å². The first-order valence-electron chi connectivity index (χ1n) is 6.90. The molecule has 19 heavy (non-hydrogen) atoms. The molecule has 1 unspecified atom stereocenters. The van der Waals surface area contributed by atoms with Gasteiger partial charge in [-0.25, -0.2) is 4.99 Å². The van der Waals surface area contributed by atoms with E-state index in [1.165, 1.54) is 18.6 Å². The summed E-state index contributed by atoms with van der Waals surface area (Å²) < 4.78 is 5.64. The first-order chi connectivity index (χ1) is 9.22. The highest BCUT2D eigenvalue weighted by Crippen LogP contribution is 2.36. The number of aliphatic imine (C=N–C) groups is 1. The highest BCUT2D eigenvalue weighted by molar-refractivity contribution is 8.00. The van der Waals surface area contributed by atoms with Crippen LogP contribution in [0.5, 0.6) is 0 Å². The molecule has 106 valence electrons. The predicted octanol–water partition coefficient (Wildman–Crippen LogP) is 2.62. The van der Waals surface area contributed by atoms with Crippen LogP contribution in [0.2, 0.25) is 0 Å². The molecular weight excluding hydrogens is 258 g/mol. The van der Waals surface area contributed by atoms with Crippen LogP contribution < -0.4 is 10.6 Å². The molecule has 0 saturated carbocycles. The van der Waals surface area contributed by atoms with Crippen molar-refractivity contribution >= 4 is 17.7 Å². The zero-order valence-electron chi connectivity index (χ0n) is 11.7. The lowest BCUT2D eigenvalue weighted by molar-refractivity contribution is 0.511. The number of rotatable bonds is 5. The molecule has 0 amide bonds. The molecule has 2 rings (SSSR count). The second-order valence-electron chi connectivity index (χ2n) is 5.03. The van der Waals surface area contributed by atoms with Crippen LogP contribution in [0, 0.1) is 0 Å². The molecule has 0 radical (unpaired) electrons. The monoisotopic (exact) mass is 281 g/mol. The average molecular weight is 281 g/mol. The molecule has 0 spiro atoms. The Bertz CT molecular complexity index is 397. The minimum absolute atomic E-state index is 0.348. The van der Waals surface area contributed by atoms with E-state index in [0.29, 0.717) is 11.3 Å². The summed E-state index contributed by atoms with van der Waals surface area (Å²) in [6.45, 7) is 6.81. The zero-order valence-corrected chi connectivity index (χ0v) is 12.6. The molecule has 1 aromatic heterocycles. The lowest BCUT2D eigenvalue weighted by atomic mass is 10.1. The van der Waals surface area contributed by atoms with E-state index in [9.17, 15) is 0 Å². The molecule has 1 saturated heterocycles. The normalized spacial score (nSPS) is 23.6. The van der Waals surface area contributed by atoms with Crippen molar-refractivity contribution in [3.63, 3.8) is 0 Å². The van der Waals surface area contributed by atoms with Crippen LogP contribution in [0.15, 0.2) is 27.8 Å². The molecule has 1 aliphatic rings. The van der Waals surface area contributed by atoms with Crippen molar-refractivity contribution in [2.45, 2.75) is 38.0 Å². The van der Waals surface area contributed by atoms with Crippen molar-refractivity contribution in [1.82, 2.24) is 10.6 Å². The first-order valence-corrected chi connectivity index (χ1v) is 7.89. The lowest BCUT2D eigenvalue weighted by Crippen LogP contribution is -2.43. The fourth-order valence-electron chi connectivity index (χ4n) is 2.15. The summed E-state index contributed by atoms with van der Waals surface area (Å²) >= 11 is 2.06.